The van der Waals surface area contributed by atoms with Crippen molar-refractivity contribution in [3.05, 3.63) is 35.5 Å². The van der Waals surface area contributed by atoms with Crippen LogP contribution in [-0.4, -0.2) is 66.2 Å². The molecule has 0 spiro atoms. The number of nitrogens with zero attached hydrogens (tertiary/aromatic N) is 3. The second kappa shape index (κ2) is 10.9. The molecule has 4 saturated carbocycles. The van der Waals surface area contributed by atoms with Crippen molar-refractivity contribution in [3.63, 3.8) is 0 Å². The third-order valence-electron chi connectivity index (χ3n) is 17.7. The fraction of sp³-hybridized carbons (Fsp3) is 0.756. The van der Waals surface area contributed by atoms with Crippen molar-refractivity contribution < 1.29 is 9.53 Å². The second-order valence-corrected chi connectivity index (χ2v) is 20.4. The van der Waals surface area contributed by atoms with Gasteiger partial charge < -0.3 is 14.2 Å². The van der Waals surface area contributed by atoms with Crippen molar-refractivity contribution in [1.29, 1.82) is 0 Å². The summed E-state index contributed by atoms with van der Waals surface area (Å²) in [5.41, 5.74) is 5.18. The first kappa shape index (κ1) is 33.5. The van der Waals surface area contributed by atoms with Crippen LogP contribution in [0.25, 0.3) is 10.9 Å². The van der Waals surface area contributed by atoms with Crippen molar-refractivity contribution in [2.24, 2.45) is 50.7 Å². The summed E-state index contributed by atoms with van der Waals surface area (Å²) in [6.07, 6.45) is 10.8. The van der Waals surface area contributed by atoms with Gasteiger partial charge in [0.2, 0.25) is 0 Å². The van der Waals surface area contributed by atoms with Crippen molar-refractivity contribution in [3.8, 4) is 11.8 Å². The number of carbonyl (C=O) groups is 1. The van der Waals surface area contributed by atoms with E-state index in [4.69, 9.17) is 4.74 Å². The number of hydrogen-bond acceptors (Lipinski definition) is 4. The first-order valence-electron chi connectivity index (χ1n) is 20.4. The SMILES string of the molecule is CN1CCN(CC#CCn2c3c(c4ccccc42)C[C@]2(C)[C@H]4CC[C@@H]5[C@H]6[C@H]7OC(=O)[C@@]6(CCC7(C)C)CC[C@@]5(C)[C@]4(C)CC[C@H]2C3(C)C)CC1. The number of benzene rings is 1. The fourth-order valence-corrected chi connectivity index (χ4v) is 14.9. The molecule has 6 fully saturated rings. The molecule has 2 saturated heterocycles. The Labute approximate surface area is 302 Å². The highest BCUT2D eigenvalue weighted by Gasteiger charge is 2.75. The van der Waals surface area contributed by atoms with E-state index in [9.17, 15) is 4.79 Å². The lowest BCUT2D eigenvalue weighted by atomic mass is 9.31. The zero-order chi connectivity index (χ0) is 35.1. The number of para-hydroxylation sites is 1. The number of carbonyl (C=O) groups excluding carboxylic acids is 1. The minimum atomic E-state index is -0.217. The molecule has 9 rings (SSSR count). The predicted molar refractivity (Wildman–Crippen MR) is 202 cm³/mol. The van der Waals surface area contributed by atoms with Gasteiger partial charge in [0, 0.05) is 59.5 Å². The lowest BCUT2D eigenvalue weighted by Gasteiger charge is -2.72. The Hall–Kier alpha value is -2.29. The topological polar surface area (TPSA) is 37.7 Å². The van der Waals surface area contributed by atoms with Gasteiger partial charge in [-0.05, 0) is 110 Å². The van der Waals surface area contributed by atoms with Gasteiger partial charge in [0.05, 0.1) is 18.5 Å². The van der Waals surface area contributed by atoms with Crippen LogP contribution in [0.1, 0.15) is 111 Å². The van der Waals surface area contributed by atoms with Crippen molar-refractivity contribution >= 4 is 16.9 Å². The number of hydrogen-bond donors (Lipinski definition) is 0. The Bertz CT molecular complexity index is 1790. The van der Waals surface area contributed by atoms with Gasteiger partial charge in [-0.2, -0.15) is 0 Å². The van der Waals surface area contributed by atoms with E-state index in [0.717, 1.165) is 58.5 Å². The molecule has 7 aliphatic rings. The molecule has 9 atom stereocenters. The van der Waals surface area contributed by atoms with Gasteiger partial charge in [-0.1, -0.05) is 78.5 Å². The average molecular weight is 678 g/mol. The summed E-state index contributed by atoms with van der Waals surface area (Å²) in [5.74, 6) is 9.68. The van der Waals surface area contributed by atoms with Gasteiger partial charge in [-0.3, -0.25) is 9.69 Å². The number of piperazine rings is 1. The van der Waals surface area contributed by atoms with Gasteiger partial charge >= 0.3 is 5.97 Å². The van der Waals surface area contributed by atoms with Crippen molar-refractivity contribution in [2.45, 2.75) is 124 Å². The monoisotopic (exact) mass is 677 g/mol. The molecule has 2 aliphatic heterocycles. The van der Waals surface area contributed by atoms with Crippen LogP contribution >= 0.6 is 0 Å². The maximum atomic E-state index is 13.7. The number of rotatable bonds is 2. The molecule has 0 radical (unpaired) electrons. The molecule has 50 heavy (non-hydrogen) atoms. The van der Waals surface area contributed by atoms with Crippen LogP contribution in [-0.2, 0) is 27.9 Å². The van der Waals surface area contributed by atoms with E-state index in [1.54, 1.807) is 11.3 Å². The van der Waals surface area contributed by atoms with E-state index in [0.29, 0.717) is 23.7 Å². The molecule has 2 aromatic rings. The molecule has 0 amide bonds. The summed E-state index contributed by atoms with van der Waals surface area (Å²) >= 11 is 0. The van der Waals surface area contributed by atoms with Crippen LogP contribution in [0, 0.1) is 62.6 Å². The quantitative estimate of drug-likeness (QED) is 0.237. The van der Waals surface area contributed by atoms with Crippen LogP contribution in [0.3, 0.4) is 0 Å². The van der Waals surface area contributed by atoms with E-state index in [-0.39, 0.29) is 44.6 Å². The van der Waals surface area contributed by atoms with Gasteiger partial charge in [0.25, 0.3) is 0 Å². The number of aromatic nitrogens is 1. The van der Waals surface area contributed by atoms with Crippen molar-refractivity contribution in [1.82, 2.24) is 14.4 Å². The van der Waals surface area contributed by atoms with Gasteiger partial charge in [-0.25, -0.2) is 0 Å². The maximum Gasteiger partial charge on any atom is 0.312 e. The van der Waals surface area contributed by atoms with Crippen LogP contribution in [0.4, 0.5) is 0 Å². The molecular formula is C45H63N3O2. The third-order valence-corrected chi connectivity index (χ3v) is 17.7. The predicted octanol–water partition coefficient (Wildman–Crippen LogP) is 8.32. The van der Waals surface area contributed by atoms with Gasteiger partial charge in [0.1, 0.15) is 6.10 Å². The zero-order valence-corrected chi connectivity index (χ0v) is 32.5. The normalized spacial score (nSPS) is 43.0. The standard InChI is InChI=1S/C45H63N3O2/c1-40(2)19-21-45-22-20-43(6)32(36(45)38(40)50-39(45)49)15-16-35-42(5)29-31-30-13-9-10-14-33(30)48(24-12-11-23-47-27-25-46(8)26-28-47)37(31)41(3,4)34(42)17-18-44(35,43)7/h9-10,13-14,32,34-36,38H,15-29H2,1-8H3/t32-,34+,35-,36+,38-,42+,43-,44-,45+/m1/s1. The van der Waals surface area contributed by atoms with E-state index >= 15 is 0 Å². The summed E-state index contributed by atoms with van der Waals surface area (Å²) in [7, 11) is 2.22. The number of likely N-dealkylation sites (N-methyl/N-ethyl adjacent to an activating group) is 1. The highest BCUT2D eigenvalue weighted by Crippen LogP contribution is 2.78. The first-order chi connectivity index (χ1) is 23.7. The molecule has 1 aromatic heterocycles. The molecule has 0 unspecified atom stereocenters. The molecular weight excluding hydrogens is 615 g/mol. The molecule has 2 bridgehead atoms. The third kappa shape index (κ3) is 4.25. The fourth-order valence-electron chi connectivity index (χ4n) is 14.9. The molecule has 3 heterocycles. The minimum Gasteiger partial charge on any atom is -0.461 e. The van der Waals surface area contributed by atoms with Crippen LogP contribution < -0.4 is 0 Å². The lowest BCUT2D eigenvalue weighted by Crippen LogP contribution is -2.67. The Morgan fingerprint density at radius 3 is 2.30 bits per heavy atom. The van der Waals surface area contributed by atoms with Crippen LogP contribution in [0.5, 0.6) is 0 Å². The molecule has 5 aliphatic carbocycles. The van der Waals surface area contributed by atoms with Gasteiger partial charge in [-0.15, -0.1) is 0 Å². The van der Waals surface area contributed by atoms with E-state index < -0.39 is 0 Å². The Kier molecular flexibility index (Phi) is 7.30. The van der Waals surface area contributed by atoms with Crippen molar-refractivity contribution in [2.75, 3.05) is 39.8 Å². The molecule has 1 aromatic carbocycles. The van der Waals surface area contributed by atoms with Crippen LogP contribution in [0.2, 0.25) is 0 Å². The zero-order valence-electron chi connectivity index (χ0n) is 32.5. The Morgan fingerprint density at radius 1 is 0.800 bits per heavy atom. The van der Waals surface area contributed by atoms with Gasteiger partial charge in [0.15, 0.2) is 0 Å². The van der Waals surface area contributed by atoms with E-state index in [1.807, 2.05) is 0 Å². The number of ether oxygens (including phenoxy) is 1. The molecule has 0 N–H and O–H groups in total. The second-order valence-electron chi connectivity index (χ2n) is 20.4. The summed E-state index contributed by atoms with van der Waals surface area (Å²) in [4.78, 5) is 18.6. The summed E-state index contributed by atoms with van der Waals surface area (Å²) < 4.78 is 9.06. The molecule has 270 valence electrons. The minimum absolute atomic E-state index is 0.0585. The molecule has 5 heteroatoms. The average Bonchev–Trinajstić information content (AvgIpc) is 3.52. The largest absolute Gasteiger partial charge is 0.461 e. The highest BCUT2D eigenvalue weighted by atomic mass is 16.6. The smallest absolute Gasteiger partial charge is 0.312 e. The first-order valence-corrected chi connectivity index (χ1v) is 20.4. The Morgan fingerprint density at radius 2 is 1.52 bits per heavy atom. The summed E-state index contributed by atoms with van der Waals surface area (Å²) in [5, 5.41) is 1.46. The summed E-state index contributed by atoms with van der Waals surface area (Å²) in [6.45, 7) is 24.2. The van der Waals surface area contributed by atoms with E-state index in [2.05, 4.69) is 106 Å². The van der Waals surface area contributed by atoms with E-state index in [1.165, 1.54) is 49.4 Å². The maximum absolute atomic E-state index is 13.7. The van der Waals surface area contributed by atoms with Crippen LogP contribution in [0.15, 0.2) is 24.3 Å². The highest BCUT2D eigenvalue weighted by molar-refractivity contribution is 5.87. The lowest BCUT2D eigenvalue weighted by molar-refractivity contribution is -0.232. The Balaban J connectivity index is 1.07. The molecule has 5 nitrogen and oxygen atoms in total. The number of fused-ring (bicyclic) bond motifs is 8. The summed E-state index contributed by atoms with van der Waals surface area (Å²) in [6, 6.07) is 9.24. The number of esters is 1.